The second kappa shape index (κ2) is 6.78. The molecule has 0 spiro atoms. The smallest absolute Gasteiger partial charge is 0.0608 e. The molecule has 1 aliphatic heterocycles. The standard InChI is InChI=1S/C14H19BrClNO/c1-2-18-13-5-7-17(8-6-13)14-4-3-12(16)9-11(14)10-15/h3-4,9,13H,2,5-8,10H2,1H3. The molecule has 0 aliphatic carbocycles. The van der Waals surface area contributed by atoms with Gasteiger partial charge in [-0.3, -0.25) is 0 Å². The Hall–Kier alpha value is -0.250. The molecule has 0 amide bonds. The van der Waals surface area contributed by atoms with Gasteiger partial charge in [-0.15, -0.1) is 0 Å². The molecule has 1 saturated heterocycles. The highest BCUT2D eigenvalue weighted by molar-refractivity contribution is 9.08. The summed E-state index contributed by atoms with van der Waals surface area (Å²) in [6.07, 6.45) is 2.65. The van der Waals surface area contributed by atoms with Crippen molar-refractivity contribution in [1.82, 2.24) is 0 Å². The van der Waals surface area contributed by atoms with Crippen molar-refractivity contribution in [3.8, 4) is 0 Å². The normalized spacial score (nSPS) is 17.2. The van der Waals surface area contributed by atoms with Crippen molar-refractivity contribution in [2.24, 2.45) is 0 Å². The number of hydrogen-bond donors (Lipinski definition) is 0. The minimum atomic E-state index is 0.436. The van der Waals surface area contributed by atoms with Crippen LogP contribution in [0.1, 0.15) is 25.3 Å². The van der Waals surface area contributed by atoms with Gasteiger partial charge in [0.1, 0.15) is 0 Å². The third-order valence-electron chi connectivity index (χ3n) is 3.37. The summed E-state index contributed by atoms with van der Waals surface area (Å²) in [5.41, 5.74) is 2.56. The highest BCUT2D eigenvalue weighted by Gasteiger charge is 2.20. The van der Waals surface area contributed by atoms with E-state index in [1.165, 1.54) is 11.3 Å². The van der Waals surface area contributed by atoms with Gasteiger partial charge in [-0.05, 0) is 43.5 Å². The number of halogens is 2. The molecular formula is C14H19BrClNO. The fraction of sp³-hybridized carbons (Fsp3) is 0.571. The first-order valence-electron chi connectivity index (χ1n) is 6.45. The van der Waals surface area contributed by atoms with Gasteiger partial charge in [0, 0.05) is 35.7 Å². The lowest BCUT2D eigenvalue weighted by Crippen LogP contribution is -2.37. The van der Waals surface area contributed by atoms with Gasteiger partial charge in [-0.2, -0.15) is 0 Å². The number of hydrogen-bond acceptors (Lipinski definition) is 2. The van der Waals surface area contributed by atoms with Crippen molar-refractivity contribution in [2.75, 3.05) is 24.6 Å². The van der Waals surface area contributed by atoms with E-state index in [0.717, 1.165) is 42.9 Å². The Morgan fingerprint density at radius 1 is 1.39 bits per heavy atom. The minimum Gasteiger partial charge on any atom is -0.378 e. The molecule has 0 atom stereocenters. The van der Waals surface area contributed by atoms with Crippen molar-refractivity contribution < 1.29 is 4.74 Å². The SMILES string of the molecule is CCOC1CCN(c2ccc(Cl)cc2CBr)CC1. The van der Waals surface area contributed by atoms with E-state index in [1.807, 2.05) is 12.1 Å². The molecule has 2 rings (SSSR count). The zero-order chi connectivity index (χ0) is 13.0. The van der Waals surface area contributed by atoms with Crippen LogP contribution in [0.2, 0.25) is 5.02 Å². The summed E-state index contributed by atoms with van der Waals surface area (Å²) in [6, 6.07) is 6.14. The Morgan fingerprint density at radius 3 is 2.72 bits per heavy atom. The van der Waals surface area contributed by atoms with Gasteiger partial charge < -0.3 is 9.64 Å². The van der Waals surface area contributed by atoms with E-state index in [4.69, 9.17) is 16.3 Å². The summed E-state index contributed by atoms with van der Waals surface area (Å²) in [5, 5.41) is 1.64. The second-order valence-corrected chi connectivity index (χ2v) is 5.55. The molecule has 4 heteroatoms. The second-order valence-electron chi connectivity index (χ2n) is 4.55. The summed E-state index contributed by atoms with van der Waals surface area (Å²) < 4.78 is 5.69. The molecule has 1 aliphatic rings. The van der Waals surface area contributed by atoms with Crippen LogP contribution in [0.15, 0.2) is 18.2 Å². The highest BCUT2D eigenvalue weighted by atomic mass is 79.9. The number of anilines is 1. The highest BCUT2D eigenvalue weighted by Crippen LogP contribution is 2.29. The third-order valence-corrected chi connectivity index (χ3v) is 4.21. The van der Waals surface area contributed by atoms with E-state index in [1.54, 1.807) is 0 Å². The van der Waals surface area contributed by atoms with Crippen LogP contribution < -0.4 is 4.90 Å². The molecule has 0 radical (unpaired) electrons. The third kappa shape index (κ3) is 3.40. The molecule has 0 bridgehead atoms. The Morgan fingerprint density at radius 2 is 2.11 bits per heavy atom. The maximum atomic E-state index is 6.04. The predicted octanol–water partition coefficient (Wildman–Crippen LogP) is 4.24. The summed E-state index contributed by atoms with van der Waals surface area (Å²) in [4.78, 5) is 2.43. The molecule has 18 heavy (non-hydrogen) atoms. The van der Waals surface area contributed by atoms with E-state index in [0.29, 0.717) is 6.10 Å². The Kier molecular flexibility index (Phi) is 5.34. The van der Waals surface area contributed by atoms with Crippen LogP contribution in [-0.2, 0) is 10.1 Å². The Labute approximate surface area is 122 Å². The van der Waals surface area contributed by atoms with Gasteiger partial charge >= 0.3 is 0 Å². The number of nitrogens with zero attached hydrogens (tertiary/aromatic N) is 1. The van der Waals surface area contributed by atoms with Crippen molar-refractivity contribution in [3.63, 3.8) is 0 Å². The number of rotatable bonds is 4. The largest absolute Gasteiger partial charge is 0.378 e. The van der Waals surface area contributed by atoms with Crippen LogP contribution in [0, 0.1) is 0 Å². The maximum absolute atomic E-state index is 6.04. The Bertz CT molecular complexity index is 391. The summed E-state index contributed by atoms with van der Waals surface area (Å²) in [7, 11) is 0. The van der Waals surface area contributed by atoms with Gasteiger partial charge in [0.15, 0.2) is 0 Å². The van der Waals surface area contributed by atoms with E-state index in [-0.39, 0.29) is 0 Å². The van der Waals surface area contributed by atoms with E-state index in [9.17, 15) is 0 Å². The molecule has 0 aromatic heterocycles. The lowest BCUT2D eigenvalue weighted by molar-refractivity contribution is 0.0459. The average Bonchev–Trinajstić information content (AvgIpc) is 2.40. The van der Waals surface area contributed by atoms with Crippen molar-refractivity contribution in [3.05, 3.63) is 28.8 Å². The molecule has 0 saturated carbocycles. The van der Waals surface area contributed by atoms with Gasteiger partial charge in [0.25, 0.3) is 0 Å². The minimum absolute atomic E-state index is 0.436. The van der Waals surface area contributed by atoms with Gasteiger partial charge in [0.2, 0.25) is 0 Å². The summed E-state index contributed by atoms with van der Waals surface area (Å²) in [6.45, 7) is 5.01. The fourth-order valence-corrected chi connectivity index (χ4v) is 3.11. The molecule has 0 unspecified atom stereocenters. The summed E-state index contributed by atoms with van der Waals surface area (Å²) in [5.74, 6) is 0. The summed E-state index contributed by atoms with van der Waals surface area (Å²) >= 11 is 9.58. The van der Waals surface area contributed by atoms with Crippen LogP contribution in [0.4, 0.5) is 5.69 Å². The average molecular weight is 333 g/mol. The monoisotopic (exact) mass is 331 g/mol. The molecule has 1 fully saturated rings. The predicted molar refractivity (Wildman–Crippen MR) is 80.9 cm³/mol. The number of piperidine rings is 1. The van der Waals surface area contributed by atoms with Crippen LogP contribution in [-0.4, -0.2) is 25.8 Å². The maximum Gasteiger partial charge on any atom is 0.0608 e. The molecular weight excluding hydrogens is 314 g/mol. The molecule has 1 aromatic rings. The van der Waals surface area contributed by atoms with Crippen LogP contribution in [0.5, 0.6) is 0 Å². The number of ether oxygens (including phenoxy) is 1. The van der Waals surface area contributed by atoms with Crippen LogP contribution >= 0.6 is 27.5 Å². The van der Waals surface area contributed by atoms with Gasteiger partial charge in [0.05, 0.1) is 6.10 Å². The van der Waals surface area contributed by atoms with Gasteiger partial charge in [-0.25, -0.2) is 0 Å². The lowest BCUT2D eigenvalue weighted by Gasteiger charge is -2.34. The van der Waals surface area contributed by atoms with Crippen molar-refractivity contribution in [2.45, 2.75) is 31.2 Å². The first kappa shape index (κ1) is 14.2. The number of alkyl halides is 1. The number of benzene rings is 1. The fourth-order valence-electron chi connectivity index (χ4n) is 2.47. The van der Waals surface area contributed by atoms with E-state index >= 15 is 0 Å². The zero-order valence-electron chi connectivity index (χ0n) is 10.7. The van der Waals surface area contributed by atoms with Crippen molar-refractivity contribution >= 4 is 33.2 Å². The quantitative estimate of drug-likeness (QED) is 0.765. The van der Waals surface area contributed by atoms with E-state index < -0.39 is 0 Å². The van der Waals surface area contributed by atoms with Crippen molar-refractivity contribution in [1.29, 1.82) is 0 Å². The van der Waals surface area contributed by atoms with Gasteiger partial charge in [-0.1, -0.05) is 27.5 Å². The van der Waals surface area contributed by atoms with Crippen LogP contribution in [0.25, 0.3) is 0 Å². The molecule has 2 nitrogen and oxygen atoms in total. The zero-order valence-corrected chi connectivity index (χ0v) is 13.0. The molecule has 0 N–H and O–H groups in total. The molecule has 1 heterocycles. The van der Waals surface area contributed by atoms with Crippen LogP contribution in [0.3, 0.4) is 0 Å². The topological polar surface area (TPSA) is 12.5 Å². The molecule has 1 aromatic carbocycles. The van der Waals surface area contributed by atoms with E-state index in [2.05, 4.69) is 33.8 Å². The molecule has 100 valence electrons. The lowest BCUT2D eigenvalue weighted by atomic mass is 10.1. The first-order valence-corrected chi connectivity index (χ1v) is 7.95. The Balaban J connectivity index is 2.05. The first-order chi connectivity index (χ1) is 8.74.